The van der Waals surface area contributed by atoms with E-state index >= 15 is 0 Å². The van der Waals surface area contributed by atoms with E-state index in [1.807, 2.05) is 32.6 Å². The normalized spacial score (nSPS) is 16.6. The molecule has 24 heavy (non-hydrogen) atoms. The van der Waals surface area contributed by atoms with Crippen LogP contribution >= 0.6 is 0 Å². The van der Waals surface area contributed by atoms with Crippen LogP contribution in [0.25, 0.3) is 0 Å². The van der Waals surface area contributed by atoms with Crippen molar-refractivity contribution in [3.05, 3.63) is 29.8 Å². The van der Waals surface area contributed by atoms with E-state index in [0.717, 1.165) is 0 Å². The summed E-state index contributed by atoms with van der Waals surface area (Å²) in [4.78, 5) is 28.5. The molecule has 1 aromatic carbocycles. The van der Waals surface area contributed by atoms with Gasteiger partial charge in [0.05, 0.1) is 18.8 Å². The molecule has 1 heterocycles. The van der Waals surface area contributed by atoms with Gasteiger partial charge in [0, 0.05) is 30.9 Å². The highest BCUT2D eigenvalue weighted by atomic mass is 16.5. The van der Waals surface area contributed by atoms with Crippen LogP contribution in [0.4, 0.5) is 10.5 Å². The van der Waals surface area contributed by atoms with Crippen molar-refractivity contribution in [2.24, 2.45) is 0 Å². The molecule has 0 aromatic heterocycles. The first-order chi connectivity index (χ1) is 11.4. The van der Waals surface area contributed by atoms with Crippen LogP contribution in [0.5, 0.6) is 0 Å². The molecular formula is C18H27N3O3. The molecular weight excluding hydrogens is 306 g/mol. The van der Waals surface area contributed by atoms with Crippen molar-refractivity contribution in [1.29, 1.82) is 0 Å². The van der Waals surface area contributed by atoms with Crippen LogP contribution in [-0.4, -0.2) is 60.1 Å². The highest BCUT2D eigenvalue weighted by Crippen LogP contribution is 2.23. The van der Waals surface area contributed by atoms with Gasteiger partial charge in [0.15, 0.2) is 0 Å². The van der Waals surface area contributed by atoms with E-state index in [-0.39, 0.29) is 17.5 Å². The molecule has 0 aliphatic carbocycles. The molecule has 0 radical (unpaired) electrons. The van der Waals surface area contributed by atoms with E-state index in [0.29, 0.717) is 44.1 Å². The number of hydrogen-bond acceptors (Lipinski definition) is 3. The Bertz CT molecular complexity index is 597. The third kappa shape index (κ3) is 4.06. The minimum Gasteiger partial charge on any atom is -0.377 e. The SMILES string of the molecule is CCN(CC)C(=O)Nc1cccc(C(=O)N2CCOCC2(C)C)c1. The van der Waals surface area contributed by atoms with Crippen molar-refractivity contribution >= 4 is 17.6 Å². The minimum atomic E-state index is -0.337. The Morgan fingerprint density at radius 1 is 1.29 bits per heavy atom. The fourth-order valence-electron chi connectivity index (χ4n) is 2.83. The van der Waals surface area contributed by atoms with Gasteiger partial charge in [0.1, 0.15) is 0 Å². The zero-order valence-electron chi connectivity index (χ0n) is 15.0. The van der Waals surface area contributed by atoms with Gasteiger partial charge in [0.25, 0.3) is 5.91 Å². The number of carbonyl (C=O) groups excluding carboxylic acids is 2. The number of carbonyl (C=O) groups is 2. The molecule has 0 atom stereocenters. The van der Waals surface area contributed by atoms with Gasteiger partial charge >= 0.3 is 6.03 Å². The number of nitrogens with one attached hydrogen (secondary N) is 1. The molecule has 1 fully saturated rings. The summed E-state index contributed by atoms with van der Waals surface area (Å²) in [6.45, 7) is 10.8. The van der Waals surface area contributed by atoms with E-state index in [1.165, 1.54) is 0 Å². The maximum Gasteiger partial charge on any atom is 0.321 e. The highest BCUT2D eigenvalue weighted by Gasteiger charge is 2.34. The Morgan fingerprint density at radius 2 is 2.00 bits per heavy atom. The predicted molar refractivity (Wildman–Crippen MR) is 94.3 cm³/mol. The van der Waals surface area contributed by atoms with E-state index in [1.54, 1.807) is 29.2 Å². The molecule has 1 aliphatic rings. The molecule has 132 valence electrons. The van der Waals surface area contributed by atoms with Crippen LogP contribution < -0.4 is 5.32 Å². The van der Waals surface area contributed by atoms with Crippen molar-refractivity contribution in [2.75, 3.05) is 38.2 Å². The molecule has 0 unspecified atom stereocenters. The molecule has 0 bridgehead atoms. The number of rotatable bonds is 4. The second-order valence-electron chi connectivity index (χ2n) is 6.51. The smallest absolute Gasteiger partial charge is 0.321 e. The second-order valence-corrected chi connectivity index (χ2v) is 6.51. The monoisotopic (exact) mass is 333 g/mol. The van der Waals surface area contributed by atoms with Gasteiger partial charge in [-0.1, -0.05) is 6.07 Å². The molecule has 1 aromatic rings. The topological polar surface area (TPSA) is 61.9 Å². The van der Waals surface area contributed by atoms with Gasteiger partial charge in [-0.15, -0.1) is 0 Å². The highest BCUT2D eigenvalue weighted by molar-refractivity contribution is 5.97. The van der Waals surface area contributed by atoms with Gasteiger partial charge in [-0.25, -0.2) is 4.79 Å². The lowest BCUT2D eigenvalue weighted by molar-refractivity contribution is -0.0370. The third-order valence-electron chi connectivity index (χ3n) is 4.30. The molecule has 2 rings (SSSR count). The molecule has 1 aliphatic heterocycles. The number of ether oxygens (including phenoxy) is 1. The summed E-state index contributed by atoms with van der Waals surface area (Å²) < 4.78 is 5.47. The Morgan fingerprint density at radius 3 is 2.62 bits per heavy atom. The number of anilines is 1. The number of morpholine rings is 1. The standard InChI is InChI=1S/C18H27N3O3/c1-5-20(6-2)17(23)19-15-9-7-8-14(12-15)16(22)21-10-11-24-13-18(21,3)4/h7-9,12H,5-6,10-11,13H2,1-4H3,(H,19,23). The summed E-state index contributed by atoms with van der Waals surface area (Å²) in [6, 6.07) is 6.94. The van der Waals surface area contributed by atoms with E-state index in [2.05, 4.69) is 5.32 Å². The number of hydrogen-bond donors (Lipinski definition) is 1. The molecule has 1 N–H and O–H groups in total. The lowest BCUT2D eigenvalue weighted by Gasteiger charge is -2.42. The zero-order valence-corrected chi connectivity index (χ0v) is 15.0. The first-order valence-electron chi connectivity index (χ1n) is 8.44. The van der Waals surface area contributed by atoms with Crippen LogP contribution in [-0.2, 0) is 4.74 Å². The van der Waals surface area contributed by atoms with E-state index in [4.69, 9.17) is 4.74 Å². The Balaban J connectivity index is 2.15. The summed E-state index contributed by atoms with van der Waals surface area (Å²) in [7, 11) is 0. The molecule has 0 spiro atoms. The summed E-state index contributed by atoms with van der Waals surface area (Å²) >= 11 is 0. The second kappa shape index (κ2) is 7.66. The summed E-state index contributed by atoms with van der Waals surface area (Å²) in [5.41, 5.74) is 0.863. The fraction of sp³-hybridized carbons (Fsp3) is 0.556. The third-order valence-corrected chi connectivity index (χ3v) is 4.30. The number of benzene rings is 1. The van der Waals surface area contributed by atoms with Crippen molar-refractivity contribution in [1.82, 2.24) is 9.80 Å². The van der Waals surface area contributed by atoms with Crippen molar-refractivity contribution in [3.63, 3.8) is 0 Å². The lowest BCUT2D eigenvalue weighted by Crippen LogP contribution is -2.55. The summed E-state index contributed by atoms with van der Waals surface area (Å²) in [6.07, 6.45) is 0. The molecule has 6 heteroatoms. The van der Waals surface area contributed by atoms with Gasteiger partial charge in [-0.2, -0.15) is 0 Å². The van der Waals surface area contributed by atoms with Crippen LogP contribution in [0, 0.1) is 0 Å². The largest absolute Gasteiger partial charge is 0.377 e. The van der Waals surface area contributed by atoms with Gasteiger partial charge < -0.3 is 19.9 Å². The van der Waals surface area contributed by atoms with Crippen LogP contribution in [0.1, 0.15) is 38.1 Å². The molecule has 0 saturated carbocycles. The summed E-state index contributed by atoms with van der Waals surface area (Å²) in [5.74, 6) is -0.0396. The maximum absolute atomic E-state index is 12.8. The zero-order chi connectivity index (χ0) is 17.7. The van der Waals surface area contributed by atoms with E-state index in [9.17, 15) is 9.59 Å². The minimum absolute atomic E-state index is 0.0396. The quantitative estimate of drug-likeness (QED) is 0.921. The Kier molecular flexibility index (Phi) is 5.83. The number of nitrogens with zero attached hydrogens (tertiary/aromatic N) is 2. The van der Waals surface area contributed by atoms with Gasteiger partial charge in [-0.3, -0.25) is 4.79 Å². The first-order valence-corrected chi connectivity index (χ1v) is 8.44. The summed E-state index contributed by atoms with van der Waals surface area (Å²) in [5, 5.41) is 2.85. The fourth-order valence-corrected chi connectivity index (χ4v) is 2.83. The van der Waals surface area contributed by atoms with Crippen LogP contribution in [0.3, 0.4) is 0 Å². The van der Waals surface area contributed by atoms with Crippen LogP contribution in [0.15, 0.2) is 24.3 Å². The Hall–Kier alpha value is -2.08. The average molecular weight is 333 g/mol. The van der Waals surface area contributed by atoms with Crippen molar-refractivity contribution in [3.8, 4) is 0 Å². The van der Waals surface area contributed by atoms with Crippen molar-refractivity contribution in [2.45, 2.75) is 33.2 Å². The molecule has 1 saturated heterocycles. The molecule has 6 nitrogen and oxygen atoms in total. The lowest BCUT2D eigenvalue weighted by atomic mass is 10.0. The van der Waals surface area contributed by atoms with Crippen LogP contribution in [0.2, 0.25) is 0 Å². The number of amides is 3. The van der Waals surface area contributed by atoms with Crippen molar-refractivity contribution < 1.29 is 14.3 Å². The molecule has 3 amide bonds. The number of urea groups is 1. The van der Waals surface area contributed by atoms with Gasteiger partial charge in [0.2, 0.25) is 0 Å². The van der Waals surface area contributed by atoms with Gasteiger partial charge in [-0.05, 0) is 45.9 Å². The first kappa shape index (κ1) is 18.3. The maximum atomic E-state index is 12.8. The average Bonchev–Trinajstić information content (AvgIpc) is 2.55. The predicted octanol–water partition coefficient (Wildman–Crippen LogP) is 2.81. The Labute approximate surface area is 143 Å². The van der Waals surface area contributed by atoms with E-state index < -0.39 is 0 Å².